The van der Waals surface area contributed by atoms with Gasteiger partial charge in [-0.3, -0.25) is 15.1 Å². The lowest BCUT2D eigenvalue weighted by molar-refractivity contribution is -0.126. The van der Waals surface area contributed by atoms with E-state index in [-0.39, 0.29) is 11.9 Å². The van der Waals surface area contributed by atoms with Crippen molar-refractivity contribution >= 4 is 5.91 Å². The molecule has 0 aromatic heterocycles. The average Bonchev–Trinajstić information content (AvgIpc) is 2.96. The number of likely N-dealkylation sites (N-methyl/N-ethyl adjacent to an activating group) is 1. The molecule has 0 spiro atoms. The molecule has 0 aromatic carbocycles. The van der Waals surface area contributed by atoms with Crippen molar-refractivity contribution in [1.82, 2.24) is 10.3 Å². The average molecular weight is 199 g/mol. The third kappa shape index (κ3) is 3.27. The number of rotatable bonds is 6. The maximum atomic E-state index is 11.5. The molecule has 1 aliphatic rings. The Hall–Kier alpha value is -0.610. The molecule has 1 unspecified atom stereocenters. The van der Waals surface area contributed by atoms with Crippen LogP contribution in [0.25, 0.3) is 0 Å². The lowest BCUT2D eigenvalue weighted by atomic mass is 10.1. The summed E-state index contributed by atoms with van der Waals surface area (Å²) in [4.78, 5) is 13.6. The molecule has 0 aliphatic heterocycles. The van der Waals surface area contributed by atoms with Crippen molar-refractivity contribution in [3.8, 4) is 0 Å². The molecule has 4 nitrogen and oxygen atoms in total. The third-order valence-electron chi connectivity index (χ3n) is 2.78. The van der Waals surface area contributed by atoms with Gasteiger partial charge < -0.3 is 0 Å². The molecule has 1 saturated carbocycles. The van der Waals surface area contributed by atoms with Gasteiger partial charge in [0.1, 0.15) is 0 Å². The van der Waals surface area contributed by atoms with E-state index < -0.39 is 0 Å². The molecule has 1 atom stereocenters. The van der Waals surface area contributed by atoms with E-state index in [1.54, 1.807) is 0 Å². The second-order valence-corrected chi connectivity index (χ2v) is 4.20. The fraction of sp³-hybridized carbons (Fsp3) is 0.900. The second kappa shape index (κ2) is 5.32. The Morgan fingerprint density at radius 2 is 2.29 bits per heavy atom. The van der Waals surface area contributed by atoms with E-state index in [1.807, 2.05) is 7.05 Å². The van der Waals surface area contributed by atoms with Gasteiger partial charge in [0.25, 0.3) is 5.91 Å². The number of nitrogens with zero attached hydrogens (tertiary/aromatic N) is 1. The maximum Gasteiger partial charge on any atom is 0.251 e. The Labute approximate surface area is 85.8 Å². The Kier molecular flexibility index (Phi) is 4.35. The monoisotopic (exact) mass is 199 g/mol. The van der Waals surface area contributed by atoms with Gasteiger partial charge in [0.2, 0.25) is 0 Å². The Balaban J connectivity index is 2.41. The normalized spacial score (nSPS) is 18.3. The fourth-order valence-electron chi connectivity index (χ4n) is 1.76. The summed E-state index contributed by atoms with van der Waals surface area (Å²) in [6, 6.07) is -0.0504. The molecule has 1 aliphatic carbocycles. The highest BCUT2D eigenvalue weighted by Crippen LogP contribution is 2.30. The molecule has 4 heteroatoms. The molecule has 1 rings (SSSR count). The summed E-state index contributed by atoms with van der Waals surface area (Å²) in [5.41, 5.74) is 2.24. The molecule has 0 bridgehead atoms. The summed E-state index contributed by atoms with van der Waals surface area (Å²) in [7, 11) is 2.01. The van der Waals surface area contributed by atoms with E-state index >= 15 is 0 Å². The van der Waals surface area contributed by atoms with Crippen LogP contribution in [0, 0.1) is 5.92 Å². The smallest absolute Gasteiger partial charge is 0.251 e. The number of nitrogens with one attached hydrogen (secondary N) is 1. The summed E-state index contributed by atoms with van der Waals surface area (Å²) < 4.78 is 0. The van der Waals surface area contributed by atoms with E-state index in [0.717, 1.165) is 25.3 Å². The highest BCUT2D eigenvalue weighted by molar-refractivity contribution is 5.81. The van der Waals surface area contributed by atoms with E-state index in [9.17, 15) is 4.79 Å². The van der Waals surface area contributed by atoms with Crippen LogP contribution in [0.4, 0.5) is 0 Å². The summed E-state index contributed by atoms with van der Waals surface area (Å²) >= 11 is 0. The Morgan fingerprint density at radius 3 is 2.71 bits per heavy atom. The van der Waals surface area contributed by atoms with Crippen LogP contribution in [0.1, 0.15) is 32.6 Å². The fourth-order valence-corrected chi connectivity index (χ4v) is 1.76. The number of hydrazine groups is 1. The van der Waals surface area contributed by atoms with Crippen LogP contribution in [-0.4, -0.2) is 30.4 Å². The zero-order valence-electron chi connectivity index (χ0n) is 9.12. The minimum Gasteiger partial charge on any atom is -0.295 e. The first-order chi connectivity index (χ1) is 6.69. The van der Waals surface area contributed by atoms with Gasteiger partial charge in [-0.15, -0.1) is 0 Å². The van der Waals surface area contributed by atoms with E-state index in [1.165, 1.54) is 12.8 Å². The standard InChI is InChI=1S/C10H21N3O/c1-3-4-9(10(14)12-11)13(2)7-8-5-6-8/h8-9H,3-7,11H2,1-2H3,(H,12,14). The molecule has 82 valence electrons. The van der Waals surface area contributed by atoms with Crippen molar-refractivity contribution in [1.29, 1.82) is 0 Å². The number of amides is 1. The zero-order valence-corrected chi connectivity index (χ0v) is 9.12. The van der Waals surface area contributed by atoms with Crippen LogP contribution in [0.5, 0.6) is 0 Å². The van der Waals surface area contributed by atoms with Crippen molar-refractivity contribution in [2.24, 2.45) is 11.8 Å². The molecular formula is C10H21N3O. The first-order valence-electron chi connectivity index (χ1n) is 5.39. The molecule has 1 amide bonds. The quantitative estimate of drug-likeness (QED) is 0.372. The molecule has 0 saturated heterocycles. The third-order valence-corrected chi connectivity index (χ3v) is 2.78. The van der Waals surface area contributed by atoms with Crippen molar-refractivity contribution in [3.63, 3.8) is 0 Å². The van der Waals surface area contributed by atoms with Crippen LogP contribution >= 0.6 is 0 Å². The zero-order chi connectivity index (χ0) is 10.6. The number of hydrogen-bond acceptors (Lipinski definition) is 3. The molecule has 0 aromatic rings. The lowest BCUT2D eigenvalue weighted by Crippen LogP contribution is -2.48. The van der Waals surface area contributed by atoms with E-state index in [4.69, 9.17) is 5.84 Å². The molecule has 0 heterocycles. The summed E-state index contributed by atoms with van der Waals surface area (Å²) in [5.74, 6) is 5.91. The van der Waals surface area contributed by atoms with Crippen LogP contribution in [-0.2, 0) is 4.79 Å². The van der Waals surface area contributed by atoms with Gasteiger partial charge in [0.05, 0.1) is 6.04 Å². The van der Waals surface area contributed by atoms with Gasteiger partial charge in [0, 0.05) is 6.54 Å². The molecule has 0 radical (unpaired) electrons. The number of carbonyl (C=O) groups excluding carboxylic acids is 1. The lowest BCUT2D eigenvalue weighted by Gasteiger charge is -2.26. The minimum absolute atomic E-state index is 0.0504. The van der Waals surface area contributed by atoms with Gasteiger partial charge in [-0.2, -0.15) is 0 Å². The van der Waals surface area contributed by atoms with Crippen molar-refractivity contribution < 1.29 is 4.79 Å². The van der Waals surface area contributed by atoms with Gasteiger partial charge in [-0.1, -0.05) is 13.3 Å². The van der Waals surface area contributed by atoms with E-state index in [0.29, 0.717) is 0 Å². The predicted molar refractivity (Wildman–Crippen MR) is 56.4 cm³/mol. The Morgan fingerprint density at radius 1 is 1.64 bits per heavy atom. The van der Waals surface area contributed by atoms with Crippen LogP contribution in [0.3, 0.4) is 0 Å². The highest BCUT2D eigenvalue weighted by Gasteiger charge is 2.28. The van der Waals surface area contributed by atoms with Crippen LogP contribution in [0.15, 0.2) is 0 Å². The summed E-state index contributed by atoms with van der Waals surface area (Å²) in [6.07, 6.45) is 4.51. The Bertz CT molecular complexity index is 192. The highest BCUT2D eigenvalue weighted by atomic mass is 16.2. The number of hydrogen-bond donors (Lipinski definition) is 2. The van der Waals surface area contributed by atoms with Gasteiger partial charge >= 0.3 is 0 Å². The van der Waals surface area contributed by atoms with Gasteiger partial charge in [0.15, 0.2) is 0 Å². The molecular weight excluding hydrogens is 178 g/mol. The van der Waals surface area contributed by atoms with Crippen LogP contribution < -0.4 is 11.3 Å². The topological polar surface area (TPSA) is 58.4 Å². The van der Waals surface area contributed by atoms with Gasteiger partial charge in [-0.05, 0) is 32.2 Å². The first kappa shape index (κ1) is 11.5. The SMILES string of the molecule is CCCC(C(=O)NN)N(C)CC1CC1. The molecule has 14 heavy (non-hydrogen) atoms. The van der Waals surface area contributed by atoms with E-state index in [2.05, 4.69) is 17.2 Å². The van der Waals surface area contributed by atoms with Crippen molar-refractivity contribution in [3.05, 3.63) is 0 Å². The largest absolute Gasteiger partial charge is 0.295 e. The second-order valence-electron chi connectivity index (χ2n) is 4.20. The maximum absolute atomic E-state index is 11.5. The summed E-state index contributed by atoms with van der Waals surface area (Å²) in [5, 5.41) is 0. The predicted octanol–water partition coefficient (Wildman–Crippen LogP) is 0.487. The summed E-state index contributed by atoms with van der Waals surface area (Å²) in [6.45, 7) is 3.11. The first-order valence-corrected chi connectivity index (χ1v) is 5.39. The van der Waals surface area contributed by atoms with Gasteiger partial charge in [-0.25, -0.2) is 5.84 Å². The van der Waals surface area contributed by atoms with Crippen LogP contribution in [0.2, 0.25) is 0 Å². The molecule has 3 N–H and O–H groups in total. The number of nitrogens with two attached hydrogens (primary N) is 1. The number of carbonyl (C=O) groups is 1. The van der Waals surface area contributed by atoms with Crippen molar-refractivity contribution in [2.45, 2.75) is 38.6 Å². The molecule has 1 fully saturated rings. The van der Waals surface area contributed by atoms with Crippen molar-refractivity contribution in [2.75, 3.05) is 13.6 Å². The minimum atomic E-state index is -0.0602.